The monoisotopic (exact) mass is 373 g/mol. The minimum atomic E-state index is -0.802. The van der Waals surface area contributed by atoms with Crippen LogP contribution in [0.2, 0.25) is 5.02 Å². The van der Waals surface area contributed by atoms with E-state index in [1.165, 1.54) is 12.1 Å². The molecular formula is C18H16ClN3O4. The average Bonchev–Trinajstić information content (AvgIpc) is 2.52. The number of halogens is 1. The maximum absolute atomic E-state index is 12.8. The van der Waals surface area contributed by atoms with Crippen LogP contribution < -0.4 is 5.73 Å². The molecule has 26 heavy (non-hydrogen) atoms. The minimum Gasteiger partial charge on any atom is -0.444 e. The van der Waals surface area contributed by atoms with E-state index >= 15 is 0 Å². The van der Waals surface area contributed by atoms with Crippen molar-refractivity contribution in [3.63, 3.8) is 0 Å². The number of carbonyl (C=O) groups is 1. The van der Waals surface area contributed by atoms with E-state index in [1.807, 2.05) is 19.9 Å². The summed E-state index contributed by atoms with van der Waals surface area (Å²) < 4.78 is 5.59. The Hall–Kier alpha value is -2.85. The number of nitro benzene ring substituents is 1. The smallest absolute Gasteiger partial charge is 0.288 e. The number of hydrogen-bond acceptors (Lipinski definition) is 6. The first-order chi connectivity index (χ1) is 12.1. The van der Waals surface area contributed by atoms with E-state index in [4.69, 9.17) is 22.1 Å². The summed E-state index contributed by atoms with van der Waals surface area (Å²) >= 11 is 5.89. The van der Waals surface area contributed by atoms with Crippen molar-refractivity contribution in [2.45, 2.75) is 32.6 Å². The number of hydrogen-bond donors (Lipinski definition) is 1. The van der Waals surface area contributed by atoms with Crippen LogP contribution in [0.3, 0.4) is 0 Å². The van der Waals surface area contributed by atoms with Gasteiger partial charge in [0.1, 0.15) is 22.4 Å². The minimum absolute atomic E-state index is 0.0217. The van der Waals surface area contributed by atoms with E-state index in [0.717, 1.165) is 0 Å². The van der Waals surface area contributed by atoms with Gasteiger partial charge in [-0.15, -0.1) is 0 Å². The number of ketones is 1. The van der Waals surface area contributed by atoms with E-state index in [2.05, 4.69) is 0 Å². The first kappa shape index (κ1) is 18.0. The van der Waals surface area contributed by atoms with Gasteiger partial charge in [0.15, 0.2) is 5.78 Å². The number of nitrogens with zero attached hydrogens (tertiary/aromatic N) is 2. The van der Waals surface area contributed by atoms with Crippen molar-refractivity contribution in [3.8, 4) is 6.07 Å². The van der Waals surface area contributed by atoms with Gasteiger partial charge < -0.3 is 10.5 Å². The van der Waals surface area contributed by atoms with Crippen LogP contribution in [0.1, 0.15) is 38.2 Å². The summed E-state index contributed by atoms with van der Waals surface area (Å²) in [6, 6.07) is 6.20. The van der Waals surface area contributed by atoms with Crippen LogP contribution in [0, 0.1) is 26.9 Å². The van der Waals surface area contributed by atoms with Crippen LogP contribution in [0.4, 0.5) is 5.69 Å². The third-order valence-corrected chi connectivity index (χ3v) is 4.90. The molecule has 1 aliphatic carbocycles. The predicted molar refractivity (Wildman–Crippen MR) is 93.8 cm³/mol. The molecule has 0 saturated carbocycles. The number of rotatable bonds is 2. The Morgan fingerprint density at radius 2 is 2.12 bits per heavy atom. The van der Waals surface area contributed by atoms with Gasteiger partial charge in [0.2, 0.25) is 5.88 Å². The second-order valence-electron chi connectivity index (χ2n) is 7.17. The number of allylic oxidation sites excluding steroid dienone is 3. The van der Waals surface area contributed by atoms with Crippen LogP contribution in [0.15, 0.2) is 41.0 Å². The van der Waals surface area contributed by atoms with Crippen molar-refractivity contribution >= 4 is 23.1 Å². The third kappa shape index (κ3) is 2.93. The molecule has 3 rings (SSSR count). The molecule has 1 aromatic rings. The highest BCUT2D eigenvalue weighted by molar-refractivity contribution is 6.32. The molecule has 2 N–H and O–H groups in total. The number of nitriles is 1. The lowest BCUT2D eigenvalue weighted by molar-refractivity contribution is -0.384. The first-order valence-corrected chi connectivity index (χ1v) is 8.30. The van der Waals surface area contributed by atoms with Crippen molar-refractivity contribution in [1.82, 2.24) is 0 Å². The van der Waals surface area contributed by atoms with Crippen LogP contribution in [-0.2, 0) is 9.53 Å². The molecule has 1 aliphatic heterocycles. The zero-order chi connectivity index (χ0) is 19.2. The molecule has 0 aromatic heterocycles. The van der Waals surface area contributed by atoms with Gasteiger partial charge in [-0.3, -0.25) is 14.9 Å². The van der Waals surface area contributed by atoms with Gasteiger partial charge in [-0.25, -0.2) is 0 Å². The topological polar surface area (TPSA) is 119 Å². The number of nitro groups is 1. The summed E-state index contributed by atoms with van der Waals surface area (Å²) in [5, 5.41) is 20.7. The molecular weight excluding hydrogens is 358 g/mol. The molecule has 0 amide bonds. The molecule has 0 bridgehead atoms. The largest absolute Gasteiger partial charge is 0.444 e. The molecule has 0 saturated heterocycles. The van der Waals surface area contributed by atoms with Crippen LogP contribution in [-0.4, -0.2) is 10.7 Å². The maximum Gasteiger partial charge on any atom is 0.288 e. The zero-order valence-corrected chi connectivity index (χ0v) is 15.0. The summed E-state index contributed by atoms with van der Waals surface area (Å²) in [4.78, 5) is 23.4. The highest BCUT2D eigenvalue weighted by atomic mass is 35.5. The normalized spacial score (nSPS) is 21.8. The van der Waals surface area contributed by atoms with Gasteiger partial charge in [-0.2, -0.15) is 5.26 Å². The highest BCUT2D eigenvalue weighted by Crippen LogP contribution is 2.48. The molecule has 0 fully saturated rings. The highest BCUT2D eigenvalue weighted by Gasteiger charge is 2.43. The van der Waals surface area contributed by atoms with Gasteiger partial charge in [-0.1, -0.05) is 31.5 Å². The van der Waals surface area contributed by atoms with Gasteiger partial charge in [0, 0.05) is 24.5 Å². The van der Waals surface area contributed by atoms with Crippen LogP contribution in [0.5, 0.6) is 0 Å². The SMILES string of the molecule is CC1(C)CC(=O)C2=C(C1)OC(N)=C(C#N)C2c1ccc(Cl)c([N+](=O)[O-])c1. The molecule has 7 nitrogen and oxygen atoms in total. The Labute approximate surface area is 154 Å². The Morgan fingerprint density at radius 1 is 1.42 bits per heavy atom. The van der Waals surface area contributed by atoms with E-state index in [1.54, 1.807) is 6.07 Å². The fourth-order valence-corrected chi connectivity index (χ4v) is 3.65. The number of Topliss-reactive ketones (excluding diaryl/α,β-unsaturated/α-hetero) is 1. The lowest BCUT2D eigenvalue weighted by Gasteiger charge is -2.37. The van der Waals surface area contributed by atoms with Crippen molar-refractivity contribution in [3.05, 3.63) is 61.7 Å². The first-order valence-electron chi connectivity index (χ1n) is 7.92. The summed E-state index contributed by atoms with van der Waals surface area (Å²) in [5.74, 6) is -0.618. The number of benzene rings is 1. The van der Waals surface area contributed by atoms with Crippen molar-refractivity contribution in [2.24, 2.45) is 11.1 Å². The molecule has 134 valence electrons. The fraction of sp³-hybridized carbons (Fsp3) is 0.333. The molecule has 1 unspecified atom stereocenters. The lowest BCUT2D eigenvalue weighted by atomic mass is 9.70. The number of nitrogens with two attached hydrogens (primary N) is 1. The Balaban J connectivity index is 2.22. The molecule has 1 heterocycles. The molecule has 1 atom stereocenters. The van der Waals surface area contributed by atoms with E-state index in [9.17, 15) is 20.2 Å². The van der Waals surface area contributed by atoms with E-state index in [0.29, 0.717) is 29.7 Å². The predicted octanol–water partition coefficient (Wildman–Crippen LogP) is 3.70. The second-order valence-corrected chi connectivity index (χ2v) is 7.58. The quantitative estimate of drug-likeness (QED) is 0.623. The van der Waals surface area contributed by atoms with Crippen LogP contribution in [0.25, 0.3) is 0 Å². The maximum atomic E-state index is 12.8. The van der Waals surface area contributed by atoms with Gasteiger partial charge in [0.05, 0.1) is 10.8 Å². The lowest BCUT2D eigenvalue weighted by Crippen LogP contribution is -2.33. The van der Waals surface area contributed by atoms with Gasteiger partial charge in [-0.05, 0) is 17.0 Å². The average molecular weight is 374 g/mol. The Morgan fingerprint density at radius 3 is 2.73 bits per heavy atom. The summed E-state index contributed by atoms with van der Waals surface area (Å²) in [7, 11) is 0. The van der Waals surface area contributed by atoms with Gasteiger partial charge in [0.25, 0.3) is 5.69 Å². The summed E-state index contributed by atoms with van der Waals surface area (Å²) in [6.45, 7) is 3.89. The molecule has 1 aromatic carbocycles. The van der Waals surface area contributed by atoms with E-state index < -0.39 is 10.8 Å². The van der Waals surface area contributed by atoms with Crippen molar-refractivity contribution < 1.29 is 14.5 Å². The fourth-order valence-electron chi connectivity index (χ4n) is 3.47. The number of carbonyl (C=O) groups excluding carboxylic acids is 1. The summed E-state index contributed by atoms with van der Waals surface area (Å²) in [5.41, 5.74) is 6.14. The Kier molecular flexibility index (Phi) is 4.24. The van der Waals surface area contributed by atoms with E-state index in [-0.39, 0.29) is 33.4 Å². The van der Waals surface area contributed by atoms with Crippen molar-refractivity contribution in [2.75, 3.05) is 0 Å². The number of ether oxygens (including phenoxy) is 1. The molecule has 2 aliphatic rings. The zero-order valence-electron chi connectivity index (χ0n) is 14.2. The molecule has 0 spiro atoms. The van der Waals surface area contributed by atoms with Gasteiger partial charge >= 0.3 is 0 Å². The molecule has 0 radical (unpaired) electrons. The standard InChI is InChI=1S/C18H16ClN3O4/c1-18(2)6-13(23)16-14(7-18)26-17(21)10(8-20)15(16)9-3-4-11(19)12(5-9)22(24)25/h3-5,15H,6-7,21H2,1-2H3. The molecule has 8 heteroatoms. The van der Waals surface area contributed by atoms with Crippen LogP contribution >= 0.6 is 11.6 Å². The van der Waals surface area contributed by atoms with Crippen molar-refractivity contribution in [1.29, 1.82) is 5.26 Å². The second kappa shape index (κ2) is 6.15. The summed E-state index contributed by atoms with van der Waals surface area (Å²) in [6.07, 6.45) is 0.777. The third-order valence-electron chi connectivity index (χ3n) is 4.58. The Bertz CT molecular complexity index is 940.